The molecule has 3 N–H and O–H groups in total. The lowest BCUT2D eigenvalue weighted by Gasteiger charge is -2.08. The zero-order chi connectivity index (χ0) is 20.2. The molecule has 144 valence electrons. The van der Waals surface area contributed by atoms with E-state index in [1.54, 1.807) is 36.4 Å². The highest BCUT2D eigenvalue weighted by Gasteiger charge is 2.14. The Hall–Kier alpha value is -3.77. The predicted octanol–water partition coefficient (Wildman–Crippen LogP) is 4.97. The number of benzene rings is 3. The molecule has 0 aliphatic carbocycles. The van der Waals surface area contributed by atoms with Crippen LogP contribution in [0.4, 0.5) is 11.4 Å². The van der Waals surface area contributed by atoms with Gasteiger partial charge in [-0.15, -0.1) is 5.10 Å². The van der Waals surface area contributed by atoms with Crippen molar-refractivity contribution in [2.75, 3.05) is 10.7 Å². The average Bonchev–Trinajstić information content (AvgIpc) is 2.74. The number of nitrogens with zero attached hydrogens (tertiary/aromatic N) is 1. The van der Waals surface area contributed by atoms with E-state index in [2.05, 4.69) is 15.8 Å². The number of phenolic OH excluding ortho intramolecular Hbond substituents is 1. The van der Waals surface area contributed by atoms with E-state index in [0.717, 1.165) is 5.69 Å². The predicted molar refractivity (Wildman–Crippen MR) is 113 cm³/mol. The van der Waals surface area contributed by atoms with Crippen LogP contribution < -0.4 is 16.3 Å². The summed E-state index contributed by atoms with van der Waals surface area (Å²) in [7, 11) is 0. The molecular formula is C22H16ClN3O3. The highest BCUT2D eigenvalue weighted by Crippen LogP contribution is 2.22. The molecule has 0 radical (unpaired) electrons. The number of nitrogens with one attached hydrogen (secondary N) is 2. The molecule has 0 saturated carbocycles. The van der Waals surface area contributed by atoms with Gasteiger partial charge >= 0.3 is 0 Å². The van der Waals surface area contributed by atoms with Gasteiger partial charge in [-0.3, -0.25) is 10.2 Å². The van der Waals surface area contributed by atoms with Crippen LogP contribution in [0, 0.1) is 0 Å². The molecule has 0 fully saturated rings. The van der Waals surface area contributed by atoms with E-state index in [1.807, 2.05) is 30.3 Å². The molecule has 4 rings (SSSR count). The van der Waals surface area contributed by atoms with Crippen molar-refractivity contribution in [1.82, 2.24) is 0 Å². The summed E-state index contributed by atoms with van der Waals surface area (Å²) in [5, 5.41) is 17.8. The monoisotopic (exact) mass is 405 g/mol. The van der Waals surface area contributed by atoms with E-state index in [-0.39, 0.29) is 16.9 Å². The molecular weight excluding hydrogens is 390 g/mol. The summed E-state index contributed by atoms with van der Waals surface area (Å²) in [6.45, 7) is 0. The number of carbonyl (C=O) groups is 1. The van der Waals surface area contributed by atoms with Gasteiger partial charge in [-0.1, -0.05) is 41.9 Å². The number of hydrogen-bond acceptors (Lipinski definition) is 5. The smallest absolute Gasteiger partial charge is 0.261 e. The standard InChI is InChI=1S/C22H16ClN3O3/c23-18-8-4-5-9-19(18)24-21(28)17-12-14-10-11-16(27)13-20(14)29-22(17)26-25-15-6-2-1-3-7-15/h1-13,25,27H,(H,24,28)/b26-22-. The first-order chi connectivity index (χ1) is 14.1. The molecule has 1 heterocycles. The van der Waals surface area contributed by atoms with Gasteiger partial charge in [-0.2, -0.15) is 0 Å². The zero-order valence-electron chi connectivity index (χ0n) is 15.1. The van der Waals surface area contributed by atoms with Gasteiger partial charge in [-0.05, 0) is 42.5 Å². The molecule has 6 nitrogen and oxygen atoms in total. The van der Waals surface area contributed by atoms with Gasteiger partial charge in [0.15, 0.2) is 0 Å². The largest absolute Gasteiger partial charge is 0.508 e. The third-order valence-corrected chi connectivity index (χ3v) is 4.49. The molecule has 1 amide bonds. The second-order valence-electron chi connectivity index (χ2n) is 6.21. The maximum atomic E-state index is 12.9. The minimum atomic E-state index is -0.426. The highest BCUT2D eigenvalue weighted by atomic mass is 35.5. The lowest BCUT2D eigenvalue weighted by molar-refractivity contribution is 0.102. The molecule has 7 heteroatoms. The fraction of sp³-hybridized carbons (Fsp3) is 0. The molecule has 0 saturated heterocycles. The molecule has 3 aromatic carbocycles. The fourth-order valence-corrected chi connectivity index (χ4v) is 2.92. The SMILES string of the molecule is O=C(Nc1ccccc1Cl)c1cc2ccc(O)cc2o/c1=N\Nc1ccccc1. The third-order valence-electron chi connectivity index (χ3n) is 4.16. The van der Waals surface area contributed by atoms with Crippen LogP contribution in [0.5, 0.6) is 5.75 Å². The number of hydrogen-bond donors (Lipinski definition) is 3. The molecule has 0 bridgehead atoms. The first kappa shape index (κ1) is 18.6. The molecule has 29 heavy (non-hydrogen) atoms. The van der Waals surface area contributed by atoms with Crippen LogP contribution in [0.25, 0.3) is 11.0 Å². The number of halogens is 1. The number of amides is 1. The molecule has 0 unspecified atom stereocenters. The first-order valence-electron chi connectivity index (χ1n) is 8.78. The van der Waals surface area contributed by atoms with Gasteiger partial charge in [0, 0.05) is 11.5 Å². The topological polar surface area (TPSA) is 86.9 Å². The van der Waals surface area contributed by atoms with E-state index in [4.69, 9.17) is 16.0 Å². The van der Waals surface area contributed by atoms with Gasteiger partial charge in [0.05, 0.1) is 16.4 Å². The van der Waals surface area contributed by atoms with Crippen LogP contribution >= 0.6 is 11.6 Å². The maximum Gasteiger partial charge on any atom is 0.261 e. The number of phenols is 1. The normalized spacial score (nSPS) is 11.4. The summed E-state index contributed by atoms with van der Waals surface area (Å²) in [5.74, 6) is -0.373. The number of anilines is 2. The summed E-state index contributed by atoms with van der Waals surface area (Å²) >= 11 is 6.15. The third kappa shape index (κ3) is 4.23. The Bertz CT molecular complexity index is 1250. The lowest BCUT2D eigenvalue weighted by Crippen LogP contribution is -2.22. The van der Waals surface area contributed by atoms with Crippen LogP contribution in [0.2, 0.25) is 5.02 Å². The van der Waals surface area contributed by atoms with E-state index >= 15 is 0 Å². The van der Waals surface area contributed by atoms with Crippen LogP contribution in [0.3, 0.4) is 0 Å². The molecule has 1 aromatic heterocycles. The Balaban J connectivity index is 1.79. The number of carbonyl (C=O) groups excluding carboxylic acids is 1. The number of para-hydroxylation sites is 2. The van der Waals surface area contributed by atoms with E-state index in [0.29, 0.717) is 21.7 Å². The van der Waals surface area contributed by atoms with E-state index in [1.165, 1.54) is 12.1 Å². The van der Waals surface area contributed by atoms with Crippen LogP contribution in [-0.2, 0) is 0 Å². The van der Waals surface area contributed by atoms with Crippen molar-refractivity contribution in [2.45, 2.75) is 0 Å². The van der Waals surface area contributed by atoms with Crippen molar-refractivity contribution in [1.29, 1.82) is 0 Å². The van der Waals surface area contributed by atoms with Crippen molar-refractivity contribution in [3.63, 3.8) is 0 Å². The van der Waals surface area contributed by atoms with Crippen LogP contribution in [0.1, 0.15) is 10.4 Å². The number of aromatic hydroxyl groups is 1. The second-order valence-corrected chi connectivity index (χ2v) is 6.62. The highest BCUT2D eigenvalue weighted by molar-refractivity contribution is 6.33. The summed E-state index contributed by atoms with van der Waals surface area (Å²) in [6, 6.07) is 22.5. The number of fused-ring (bicyclic) bond motifs is 1. The van der Waals surface area contributed by atoms with Gasteiger partial charge in [-0.25, -0.2) is 0 Å². The molecule has 0 atom stereocenters. The van der Waals surface area contributed by atoms with Gasteiger partial charge in [0.25, 0.3) is 5.91 Å². The Morgan fingerprint density at radius 3 is 2.52 bits per heavy atom. The van der Waals surface area contributed by atoms with Gasteiger partial charge in [0.1, 0.15) is 16.9 Å². The Kier molecular flexibility index (Phi) is 5.18. The molecule has 4 aromatic rings. The van der Waals surface area contributed by atoms with Crippen molar-refractivity contribution >= 4 is 39.9 Å². The summed E-state index contributed by atoms with van der Waals surface area (Å²) < 4.78 is 5.80. The molecule has 0 aliphatic rings. The molecule has 0 spiro atoms. The van der Waals surface area contributed by atoms with E-state index in [9.17, 15) is 9.90 Å². The minimum absolute atomic E-state index is 0.0523. The summed E-state index contributed by atoms with van der Waals surface area (Å²) in [5.41, 5.74) is 4.76. The van der Waals surface area contributed by atoms with Gasteiger partial charge in [0.2, 0.25) is 5.55 Å². The van der Waals surface area contributed by atoms with Crippen LogP contribution in [0.15, 0.2) is 88.4 Å². The second kappa shape index (κ2) is 8.08. The Morgan fingerprint density at radius 2 is 1.72 bits per heavy atom. The zero-order valence-corrected chi connectivity index (χ0v) is 15.9. The molecule has 0 aliphatic heterocycles. The van der Waals surface area contributed by atoms with E-state index < -0.39 is 5.91 Å². The number of rotatable bonds is 4. The average molecular weight is 406 g/mol. The fourth-order valence-electron chi connectivity index (χ4n) is 2.73. The van der Waals surface area contributed by atoms with Crippen LogP contribution in [-0.4, -0.2) is 11.0 Å². The minimum Gasteiger partial charge on any atom is -0.508 e. The first-order valence-corrected chi connectivity index (χ1v) is 9.15. The Labute approximate surface area is 171 Å². The summed E-state index contributed by atoms with van der Waals surface area (Å²) in [6.07, 6.45) is 0. The van der Waals surface area contributed by atoms with Crippen molar-refractivity contribution < 1.29 is 14.3 Å². The van der Waals surface area contributed by atoms with Crippen molar-refractivity contribution in [3.8, 4) is 5.75 Å². The maximum absolute atomic E-state index is 12.9. The summed E-state index contributed by atoms with van der Waals surface area (Å²) in [4.78, 5) is 12.9. The quantitative estimate of drug-likeness (QED) is 0.418. The van der Waals surface area contributed by atoms with Gasteiger partial charge < -0.3 is 14.8 Å². The lowest BCUT2D eigenvalue weighted by atomic mass is 10.1. The van der Waals surface area contributed by atoms with Crippen molar-refractivity contribution in [2.24, 2.45) is 5.10 Å². The van der Waals surface area contributed by atoms with Crippen molar-refractivity contribution in [3.05, 3.63) is 95.0 Å². The Morgan fingerprint density at radius 1 is 0.966 bits per heavy atom.